The van der Waals surface area contributed by atoms with Crippen molar-refractivity contribution in [2.45, 2.75) is 56.8 Å². The average molecular weight is 484 g/mol. The molecule has 0 aliphatic carbocycles. The fourth-order valence-electron chi connectivity index (χ4n) is 4.39. The van der Waals surface area contributed by atoms with Crippen LogP contribution >= 0.6 is 0 Å². The number of aliphatic carboxylic acids is 1. The molecule has 2 fully saturated rings. The molecule has 3 aliphatic heterocycles. The summed E-state index contributed by atoms with van der Waals surface area (Å²) in [6.07, 6.45) is 0.371. The number of hydrazine groups is 1. The molecule has 3 atom stereocenters. The van der Waals surface area contributed by atoms with E-state index in [0.29, 0.717) is 30.5 Å². The lowest BCUT2D eigenvalue weighted by Gasteiger charge is -2.43. The molecule has 4 rings (SSSR count). The fraction of sp³-hybridized carbons (Fsp3) is 0.455. The van der Waals surface area contributed by atoms with Crippen molar-refractivity contribution in [1.29, 1.82) is 0 Å². The Balaban J connectivity index is 1.52. The van der Waals surface area contributed by atoms with Gasteiger partial charge in [-0.3, -0.25) is 29.0 Å². The number of azo groups is 1. The van der Waals surface area contributed by atoms with Crippen molar-refractivity contribution in [1.82, 2.24) is 20.7 Å². The molecule has 1 aromatic rings. The molecule has 3 aliphatic rings. The highest BCUT2D eigenvalue weighted by atomic mass is 16.4. The Kier molecular flexibility index (Phi) is 6.85. The van der Waals surface area contributed by atoms with Gasteiger partial charge in [-0.1, -0.05) is 0 Å². The maximum atomic E-state index is 13.5. The summed E-state index contributed by atoms with van der Waals surface area (Å²) in [4.78, 5) is 74.2. The molecule has 0 radical (unpaired) electrons. The number of carbonyl (C=O) groups is 6. The molecule has 3 N–H and O–H groups in total. The minimum Gasteiger partial charge on any atom is -0.481 e. The van der Waals surface area contributed by atoms with Gasteiger partial charge in [0.2, 0.25) is 11.8 Å². The van der Waals surface area contributed by atoms with E-state index in [1.807, 2.05) is 0 Å². The Morgan fingerprint density at radius 2 is 2.03 bits per heavy atom. The van der Waals surface area contributed by atoms with Crippen LogP contribution in [0.25, 0.3) is 0 Å². The molecule has 35 heavy (non-hydrogen) atoms. The van der Waals surface area contributed by atoms with E-state index in [4.69, 9.17) is 5.11 Å². The third-order valence-electron chi connectivity index (χ3n) is 6.12. The smallest absolute Gasteiger partial charge is 0.305 e. The normalized spacial score (nSPS) is 22.1. The van der Waals surface area contributed by atoms with Gasteiger partial charge in [0.05, 0.1) is 24.7 Å². The zero-order valence-corrected chi connectivity index (χ0v) is 18.7. The quantitative estimate of drug-likeness (QED) is 0.458. The SMILES string of the molecule is O=C[C@H](CC(=O)O)NC(=O)[C@@H]1CCCN2C(=O)CC[C@H](NC(=O)c3ccc4c(c3)CN=N4)C(=O)N12. The predicted octanol–water partition coefficient (Wildman–Crippen LogP) is 0.0691. The molecule has 13 heteroatoms. The number of carbonyl (C=O) groups excluding carboxylic acids is 5. The number of carboxylic acid groups (broad SMARTS) is 1. The van der Waals surface area contributed by atoms with Crippen molar-refractivity contribution >= 4 is 41.6 Å². The van der Waals surface area contributed by atoms with Crippen LogP contribution in [0.1, 0.15) is 48.0 Å². The highest BCUT2D eigenvalue weighted by Crippen LogP contribution is 2.28. The maximum Gasteiger partial charge on any atom is 0.305 e. The van der Waals surface area contributed by atoms with Crippen LogP contribution in [0.15, 0.2) is 28.4 Å². The largest absolute Gasteiger partial charge is 0.481 e. The summed E-state index contributed by atoms with van der Waals surface area (Å²) in [7, 11) is 0. The molecule has 3 heterocycles. The Morgan fingerprint density at radius 1 is 1.23 bits per heavy atom. The van der Waals surface area contributed by atoms with Crippen LogP contribution < -0.4 is 10.6 Å². The Bertz CT molecular complexity index is 1120. The van der Waals surface area contributed by atoms with Gasteiger partial charge in [-0.15, -0.1) is 0 Å². The van der Waals surface area contributed by atoms with Gasteiger partial charge in [0.25, 0.3) is 11.8 Å². The van der Waals surface area contributed by atoms with Crippen molar-refractivity contribution in [3.63, 3.8) is 0 Å². The first kappa shape index (κ1) is 24.0. The van der Waals surface area contributed by atoms with Crippen LogP contribution in [0.4, 0.5) is 5.69 Å². The van der Waals surface area contributed by atoms with E-state index in [-0.39, 0.29) is 31.7 Å². The number of nitrogens with one attached hydrogen (secondary N) is 2. The minimum absolute atomic E-state index is 0.0144. The molecular formula is C22H24N6O7. The number of hydrogen-bond acceptors (Lipinski definition) is 8. The summed E-state index contributed by atoms with van der Waals surface area (Å²) in [5.74, 6) is -3.53. The lowest BCUT2D eigenvalue weighted by molar-refractivity contribution is -0.176. The second-order valence-electron chi connectivity index (χ2n) is 8.51. The van der Waals surface area contributed by atoms with Crippen LogP contribution in [-0.2, 0) is 30.5 Å². The summed E-state index contributed by atoms with van der Waals surface area (Å²) >= 11 is 0. The van der Waals surface area contributed by atoms with E-state index >= 15 is 0 Å². The second-order valence-corrected chi connectivity index (χ2v) is 8.51. The van der Waals surface area contributed by atoms with Crippen LogP contribution in [-0.4, -0.2) is 75.7 Å². The topological polar surface area (TPSA) is 178 Å². The van der Waals surface area contributed by atoms with E-state index in [1.54, 1.807) is 18.2 Å². The zero-order valence-electron chi connectivity index (χ0n) is 18.7. The van der Waals surface area contributed by atoms with Crippen molar-refractivity contribution < 1.29 is 33.9 Å². The van der Waals surface area contributed by atoms with Gasteiger partial charge in [0.1, 0.15) is 18.4 Å². The molecule has 0 aromatic heterocycles. The molecule has 13 nitrogen and oxygen atoms in total. The molecule has 0 bridgehead atoms. The summed E-state index contributed by atoms with van der Waals surface area (Å²) < 4.78 is 0. The Hall–Kier alpha value is -4.16. The first-order valence-electron chi connectivity index (χ1n) is 11.2. The summed E-state index contributed by atoms with van der Waals surface area (Å²) in [6.45, 7) is 0.579. The first-order chi connectivity index (χ1) is 16.8. The van der Waals surface area contributed by atoms with Crippen LogP contribution in [0.3, 0.4) is 0 Å². The Labute approximate surface area is 199 Å². The number of hydrogen-bond donors (Lipinski definition) is 3. The number of aldehydes is 1. The fourth-order valence-corrected chi connectivity index (χ4v) is 4.39. The number of carboxylic acids is 1. The maximum absolute atomic E-state index is 13.5. The van der Waals surface area contributed by atoms with Crippen molar-refractivity contribution in [2.24, 2.45) is 10.2 Å². The summed E-state index contributed by atoms with van der Waals surface area (Å²) in [6, 6.07) is 1.40. The molecule has 0 spiro atoms. The standard InChI is InChI=1S/C22H24N6O7/c29-11-14(9-19(31)32)24-21(34)17-2-1-7-27-18(30)6-5-16(22(35)28(17)27)25-20(33)12-3-4-15-13(8-12)10-23-26-15/h3-4,8,11,14,16-17H,1-2,5-7,9-10H2,(H,24,34)(H,25,33)(H,31,32)/t14-,16-,17-/m0/s1. The van der Waals surface area contributed by atoms with Gasteiger partial charge in [-0.05, 0) is 37.5 Å². The molecule has 0 saturated carbocycles. The second kappa shape index (κ2) is 9.99. The molecule has 184 valence electrons. The lowest BCUT2D eigenvalue weighted by atomic mass is 10.0. The van der Waals surface area contributed by atoms with E-state index in [9.17, 15) is 28.8 Å². The molecule has 2 saturated heterocycles. The van der Waals surface area contributed by atoms with Gasteiger partial charge in [-0.2, -0.15) is 10.2 Å². The van der Waals surface area contributed by atoms with E-state index in [0.717, 1.165) is 10.6 Å². The molecule has 0 unspecified atom stereocenters. The number of amides is 4. The Morgan fingerprint density at radius 3 is 2.77 bits per heavy atom. The first-order valence-corrected chi connectivity index (χ1v) is 11.2. The van der Waals surface area contributed by atoms with Crippen LogP contribution in [0.2, 0.25) is 0 Å². The third kappa shape index (κ3) is 5.03. The monoisotopic (exact) mass is 484 g/mol. The molecular weight excluding hydrogens is 460 g/mol. The minimum atomic E-state index is -1.28. The number of rotatable bonds is 7. The van der Waals surface area contributed by atoms with Gasteiger partial charge in [-0.25, -0.2) is 5.01 Å². The number of nitrogens with zero attached hydrogens (tertiary/aromatic N) is 4. The lowest BCUT2D eigenvalue weighted by Crippen LogP contribution is -2.64. The highest BCUT2D eigenvalue weighted by Gasteiger charge is 2.45. The number of benzene rings is 1. The zero-order chi connectivity index (χ0) is 25.1. The van der Waals surface area contributed by atoms with E-state index in [2.05, 4.69) is 20.9 Å². The summed E-state index contributed by atoms with van der Waals surface area (Å²) in [5.41, 5.74) is 1.77. The predicted molar refractivity (Wildman–Crippen MR) is 117 cm³/mol. The third-order valence-corrected chi connectivity index (χ3v) is 6.12. The molecule has 1 aromatic carbocycles. The number of fused-ring (bicyclic) bond motifs is 2. The summed E-state index contributed by atoms with van der Waals surface area (Å²) in [5, 5.41) is 24.0. The van der Waals surface area contributed by atoms with Crippen molar-refractivity contribution in [3.05, 3.63) is 29.3 Å². The molecule has 4 amide bonds. The van der Waals surface area contributed by atoms with Gasteiger partial charge in [0.15, 0.2) is 0 Å². The van der Waals surface area contributed by atoms with Crippen molar-refractivity contribution in [3.8, 4) is 0 Å². The van der Waals surface area contributed by atoms with E-state index in [1.165, 1.54) is 5.01 Å². The van der Waals surface area contributed by atoms with Gasteiger partial charge in [0, 0.05) is 24.1 Å². The van der Waals surface area contributed by atoms with Crippen LogP contribution in [0, 0.1) is 0 Å². The van der Waals surface area contributed by atoms with Gasteiger partial charge < -0.3 is 20.5 Å². The average Bonchev–Trinajstić information content (AvgIpc) is 3.28. The van der Waals surface area contributed by atoms with Gasteiger partial charge >= 0.3 is 5.97 Å². The van der Waals surface area contributed by atoms with Crippen molar-refractivity contribution in [2.75, 3.05) is 6.54 Å². The van der Waals surface area contributed by atoms with Crippen LogP contribution in [0.5, 0.6) is 0 Å². The highest BCUT2D eigenvalue weighted by molar-refractivity contribution is 6.00. The van der Waals surface area contributed by atoms with E-state index < -0.39 is 48.2 Å².